The van der Waals surface area contributed by atoms with Gasteiger partial charge in [-0.15, -0.1) is 0 Å². The van der Waals surface area contributed by atoms with E-state index in [1.807, 2.05) is 5.32 Å². The Hall–Kier alpha value is -3.74. The average molecular weight is 699 g/mol. The zero-order valence-corrected chi connectivity index (χ0v) is 23.7. The molecule has 7 nitrogen and oxygen atoms in total. The van der Waals surface area contributed by atoms with Crippen molar-refractivity contribution >= 4 is 85.1 Å². The lowest BCUT2D eigenvalue weighted by atomic mass is 10.1. The van der Waals surface area contributed by atoms with E-state index in [4.69, 9.17) is 16.3 Å². The van der Waals surface area contributed by atoms with Gasteiger partial charge < -0.3 is 4.74 Å². The largest absolute Gasteiger partial charge is 0.422 e. The van der Waals surface area contributed by atoms with E-state index in [0.717, 1.165) is 30.4 Å². The second kappa shape index (κ2) is 11.8. The highest BCUT2D eigenvalue weighted by atomic mass is 79.9. The summed E-state index contributed by atoms with van der Waals surface area (Å²) in [5.41, 5.74) is -1.33. The Balaban J connectivity index is 1.69. The number of carbonyl (C=O) groups is 4. The fraction of sp³-hybridized carbons (Fsp3) is 0.0370. The van der Waals surface area contributed by atoms with Gasteiger partial charge in [0.05, 0.1) is 15.7 Å². The minimum atomic E-state index is -4.73. The maximum absolute atomic E-state index is 13.2. The highest BCUT2D eigenvalue weighted by Crippen LogP contribution is 2.36. The number of rotatable bonds is 5. The van der Waals surface area contributed by atoms with Crippen molar-refractivity contribution in [2.45, 2.75) is 6.18 Å². The molecular weight excluding hydrogens is 685 g/mol. The predicted molar refractivity (Wildman–Crippen MR) is 148 cm³/mol. The summed E-state index contributed by atoms with van der Waals surface area (Å²) in [5, 5.41) is 2.46. The van der Waals surface area contributed by atoms with Crippen molar-refractivity contribution in [3.8, 4) is 5.75 Å². The summed E-state index contributed by atoms with van der Waals surface area (Å²) >= 11 is 12.4. The van der Waals surface area contributed by atoms with Crippen LogP contribution in [0, 0.1) is 0 Å². The molecule has 3 aromatic carbocycles. The van der Waals surface area contributed by atoms with Crippen LogP contribution in [-0.2, 0) is 20.6 Å². The first kappa shape index (κ1) is 29.2. The number of benzene rings is 3. The first-order valence-electron chi connectivity index (χ1n) is 11.1. The Morgan fingerprint density at radius 3 is 2.38 bits per heavy atom. The fourth-order valence-electron chi connectivity index (χ4n) is 3.54. The minimum absolute atomic E-state index is 0.0652. The van der Waals surface area contributed by atoms with Gasteiger partial charge in [0.2, 0.25) is 0 Å². The molecule has 204 valence electrons. The molecule has 0 atom stereocenters. The second-order valence-electron chi connectivity index (χ2n) is 8.12. The average Bonchev–Trinajstić information content (AvgIpc) is 2.87. The molecule has 1 fully saturated rings. The zero-order chi connectivity index (χ0) is 29.2. The number of hydrogen-bond acceptors (Lipinski definition) is 5. The van der Waals surface area contributed by atoms with E-state index < -0.39 is 46.8 Å². The lowest BCUT2D eigenvalue weighted by molar-refractivity contribution is -0.137. The van der Waals surface area contributed by atoms with Crippen molar-refractivity contribution < 1.29 is 37.1 Å². The molecule has 3 aromatic rings. The maximum Gasteiger partial charge on any atom is 0.416 e. The number of imide groups is 2. The molecule has 0 unspecified atom stereocenters. The Bertz CT molecular complexity index is 1600. The standard InChI is InChI=1S/C27H14Br2ClF3N2O5/c28-17-10-15(23(21(29)13-17)40-22(36)9-6-14-4-7-18(30)8-5-14)11-20-24(37)34-26(39)35(25(20)38)19-3-1-2-16(12-19)27(31,32)33/h1-13H,(H,34,37,39)/b9-6+,20-11-. The van der Waals surface area contributed by atoms with Crippen LogP contribution in [0.3, 0.4) is 0 Å². The highest BCUT2D eigenvalue weighted by Gasteiger charge is 2.38. The summed E-state index contributed by atoms with van der Waals surface area (Å²) < 4.78 is 45.9. The van der Waals surface area contributed by atoms with E-state index in [0.29, 0.717) is 26.0 Å². The molecule has 1 saturated heterocycles. The zero-order valence-electron chi connectivity index (χ0n) is 19.8. The molecule has 0 aromatic heterocycles. The van der Waals surface area contributed by atoms with Gasteiger partial charge in [0.15, 0.2) is 5.75 Å². The Morgan fingerprint density at radius 1 is 1.00 bits per heavy atom. The number of halogens is 6. The Labute approximate surface area is 246 Å². The molecule has 0 aliphatic carbocycles. The molecule has 0 radical (unpaired) electrons. The van der Waals surface area contributed by atoms with Gasteiger partial charge >= 0.3 is 18.2 Å². The molecule has 1 heterocycles. The van der Waals surface area contributed by atoms with Crippen LogP contribution in [0.2, 0.25) is 5.02 Å². The van der Waals surface area contributed by atoms with Gasteiger partial charge in [-0.2, -0.15) is 13.2 Å². The molecule has 40 heavy (non-hydrogen) atoms. The number of esters is 1. The molecule has 13 heteroatoms. The van der Waals surface area contributed by atoms with Gasteiger partial charge in [-0.3, -0.25) is 14.9 Å². The number of nitrogens with one attached hydrogen (secondary N) is 1. The lowest BCUT2D eigenvalue weighted by Crippen LogP contribution is -2.54. The molecule has 1 aliphatic rings. The van der Waals surface area contributed by atoms with Crippen LogP contribution < -0.4 is 15.0 Å². The van der Waals surface area contributed by atoms with Gasteiger partial charge in [0, 0.05) is 21.1 Å². The monoisotopic (exact) mass is 696 g/mol. The number of urea groups is 1. The van der Waals surface area contributed by atoms with E-state index >= 15 is 0 Å². The van der Waals surface area contributed by atoms with Crippen LogP contribution in [0.15, 0.2) is 81.3 Å². The van der Waals surface area contributed by atoms with Crippen LogP contribution in [0.25, 0.3) is 12.2 Å². The van der Waals surface area contributed by atoms with Gasteiger partial charge in [-0.25, -0.2) is 14.5 Å². The quantitative estimate of drug-likeness (QED) is 0.132. The third-order valence-electron chi connectivity index (χ3n) is 5.35. The molecule has 0 saturated carbocycles. The summed E-state index contributed by atoms with van der Waals surface area (Å²) in [6.45, 7) is 0. The summed E-state index contributed by atoms with van der Waals surface area (Å²) in [5.74, 6) is -3.12. The predicted octanol–water partition coefficient (Wildman–Crippen LogP) is 7.17. The van der Waals surface area contributed by atoms with Gasteiger partial charge in [-0.05, 0) is 76.1 Å². The molecule has 4 amide bonds. The van der Waals surface area contributed by atoms with Crippen molar-refractivity contribution in [2.75, 3.05) is 4.90 Å². The fourth-order valence-corrected chi connectivity index (χ4v) is 5.00. The van der Waals surface area contributed by atoms with Crippen LogP contribution in [-0.4, -0.2) is 23.8 Å². The molecule has 4 rings (SSSR count). The Morgan fingerprint density at radius 2 is 1.70 bits per heavy atom. The summed E-state index contributed by atoms with van der Waals surface area (Å²) in [4.78, 5) is 51.3. The number of nitrogens with zero attached hydrogens (tertiary/aromatic N) is 1. The number of ether oxygens (including phenoxy) is 1. The van der Waals surface area contributed by atoms with E-state index in [9.17, 15) is 32.3 Å². The number of hydrogen-bond donors (Lipinski definition) is 1. The number of anilines is 1. The molecule has 0 spiro atoms. The van der Waals surface area contributed by atoms with Crippen LogP contribution in [0.4, 0.5) is 23.7 Å². The Kier molecular flexibility index (Phi) is 8.62. The lowest BCUT2D eigenvalue weighted by Gasteiger charge is -2.27. The third kappa shape index (κ3) is 6.69. The van der Waals surface area contributed by atoms with E-state index in [-0.39, 0.29) is 15.8 Å². The van der Waals surface area contributed by atoms with Crippen molar-refractivity contribution in [3.05, 3.63) is 103 Å². The van der Waals surface area contributed by atoms with Crippen molar-refractivity contribution in [2.24, 2.45) is 0 Å². The summed E-state index contributed by atoms with van der Waals surface area (Å²) in [6, 6.07) is 12.0. The number of amides is 4. The normalized spacial score (nSPS) is 15.1. The minimum Gasteiger partial charge on any atom is -0.422 e. The van der Waals surface area contributed by atoms with Crippen molar-refractivity contribution in [1.82, 2.24) is 5.32 Å². The maximum atomic E-state index is 13.2. The van der Waals surface area contributed by atoms with Crippen LogP contribution >= 0.6 is 43.5 Å². The van der Waals surface area contributed by atoms with E-state index in [2.05, 4.69) is 31.9 Å². The third-order valence-corrected chi connectivity index (χ3v) is 6.65. The van der Waals surface area contributed by atoms with Crippen molar-refractivity contribution in [3.63, 3.8) is 0 Å². The first-order chi connectivity index (χ1) is 18.8. The van der Waals surface area contributed by atoms with E-state index in [1.54, 1.807) is 30.3 Å². The number of alkyl halides is 3. The SMILES string of the molecule is O=C(/C=C/c1ccc(Cl)cc1)Oc1c(Br)cc(Br)cc1/C=C1/C(=O)NC(=O)N(c2cccc(C(F)(F)F)c2)C1=O. The number of carbonyl (C=O) groups excluding carboxylic acids is 4. The van der Waals surface area contributed by atoms with Gasteiger partial charge in [0.1, 0.15) is 5.57 Å². The topological polar surface area (TPSA) is 92.8 Å². The smallest absolute Gasteiger partial charge is 0.416 e. The van der Waals surface area contributed by atoms with E-state index in [1.165, 1.54) is 12.1 Å². The summed E-state index contributed by atoms with van der Waals surface area (Å²) in [6.07, 6.45) is -1.03. The van der Waals surface area contributed by atoms with Crippen LogP contribution in [0.1, 0.15) is 16.7 Å². The number of barbiturate groups is 1. The van der Waals surface area contributed by atoms with Gasteiger partial charge in [-0.1, -0.05) is 45.7 Å². The highest BCUT2D eigenvalue weighted by molar-refractivity contribution is 9.11. The van der Waals surface area contributed by atoms with Crippen LogP contribution in [0.5, 0.6) is 5.75 Å². The molecule has 1 aliphatic heterocycles. The molecular formula is C27H14Br2ClF3N2O5. The van der Waals surface area contributed by atoms with Gasteiger partial charge in [0.25, 0.3) is 11.8 Å². The van der Waals surface area contributed by atoms with Crippen molar-refractivity contribution in [1.29, 1.82) is 0 Å². The second-order valence-corrected chi connectivity index (χ2v) is 10.3. The summed E-state index contributed by atoms with van der Waals surface area (Å²) in [7, 11) is 0. The molecule has 0 bridgehead atoms. The first-order valence-corrected chi connectivity index (χ1v) is 13.0. The molecule has 1 N–H and O–H groups in total.